The lowest BCUT2D eigenvalue weighted by molar-refractivity contribution is -0.117. The second-order valence-corrected chi connectivity index (χ2v) is 6.89. The average Bonchev–Trinajstić information content (AvgIpc) is 3.18. The third-order valence-electron chi connectivity index (χ3n) is 4.97. The van der Waals surface area contributed by atoms with Crippen LogP contribution < -0.4 is 10.1 Å². The second kappa shape index (κ2) is 7.71. The fourth-order valence-electron chi connectivity index (χ4n) is 3.25. The topological polar surface area (TPSA) is 81.9 Å². The van der Waals surface area contributed by atoms with Crippen molar-refractivity contribution in [3.63, 3.8) is 0 Å². The number of carbonyl (C=O) groups is 1. The molecule has 0 radical (unpaired) electrons. The van der Waals surface area contributed by atoms with Gasteiger partial charge in [0.25, 0.3) is 0 Å². The number of nitrogens with one attached hydrogen (secondary N) is 1. The maximum Gasteiger partial charge on any atom is 0.231 e. The number of hydrogen-bond acceptors (Lipinski definition) is 5. The lowest BCUT2D eigenvalue weighted by Crippen LogP contribution is -2.18. The van der Waals surface area contributed by atoms with E-state index in [-0.39, 0.29) is 11.8 Å². The maximum absolute atomic E-state index is 12.8. The van der Waals surface area contributed by atoms with Crippen molar-refractivity contribution in [1.29, 1.82) is 0 Å². The van der Waals surface area contributed by atoms with E-state index in [4.69, 9.17) is 4.74 Å². The molecule has 0 unspecified atom stereocenters. The molecule has 29 heavy (non-hydrogen) atoms. The lowest BCUT2D eigenvalue weighted by atomic mass is 9.97. The van der Waals surface area contributed by atoms with Crippen LogP contribution in [0.4, 0.5) is 5.69 Å². The van der Waals surface area contributed by atoms with Gasteiger partial charge in [-0.05, 0) is 58.0 Å². The van der Waals surface area contributed by atoms with E-state index in [1.54, 1.807) is 18.8 Å². The van der Waals surface area contributed by atoms with E-state index in [0.29, 0.717) is 11.5 Å². The largest absolute Gasteiger partial charge is 0.497 e. The van der Waals surface area contributed by atoms with Crippen molar-refractivity contribution in [2.24, 2.45) is 7.05 Å². The van der Waals surface area contributed by atoms with Crippen molar-refractivity contribution in [3.8, 4) is 17.1 Å². The molecular weight excluding hydrogens is 366 g/mol. The molecule has 1 amide bonds. The van der Waals surface area contributed by atoms with Gasteiger partial charge < -0.3 is 10.1 Å². The quantitative estimate of drug-likeness (QED) is 0.564. The van der Waals surface area contributed by atoms with Gasteiger partial charge in [0.1, 0.15) is 5.75 Å². The summed E-state index contributed by atoms with van der Waals surface area (Å²) in [4.78, 5) is 12.8. The second-order valence-electron chi connectivity index (χ2n) is 6.89. The molecule has 0 saturated carbocycles. The maximum atomic E-state index is 12.8. The van der Waals surface area contributed by atoms with E-state index in [1.165, 1.54) is 0 Å². The van der Waals surface area contributed by atoms with Gasteiger partial charge in [-0.3, -0.25) is 4.79 Å². The Morgan fingerprint density at radius 3 is 2.62 bits per heavy atom. The number of ether oxygens (including phenoxy) is 1. The average molecular weight is 387 g/mol. The molecule has 0 aliphatic carbocycles. The highest BCUT2D eigenvalue weighted by Gasteiger charge is 2.16. The molecule has 0 bridgehead atoms. The number of carbonyl (C=O) groups excluding carboxylic acids is 1. The Hall–Kier alpha value is -3.74. The van der Waals surface area contributed by atoms with Crippen LogP contribution in [0.1, 0.15) is 18.4 Å². The number of rotatable bonds is 5. The minimum Gasteiger partial charge on any atom is -0.497 e. The Bertz CT molecular complexity index is 1180. The van der Waals surface area contributed by atoms with Crippen molar-refractivity contribution >= 4 is 22.4 Å². The Morgan fingerprint density at radius 2 is 1.86 bits per heavy atom. The van der Waals surface area contributed by atoms with Gasteiger partial charge in [-0.25, -0.2) is 4.68 Å². The van der Waals surface area contributed by atoms with Crippen LogP contribution in [0.15, 0.2) is 60.7 Å². The first-order valence-electron chi connectivity index (χ1n) is 9.26. The third kappa shape index (κ3) is 3.80. The summed E-state index contributed by atoms with van der Waals surface area (Å²) in [6, 6.07) is 19.4. The van der Waals surface area contributed by atoms with Gasteiger partial charge in [-0.2, -0.15) is 0 Å². The smallest absolute Gasteiger partial charge is 0.231 e. The van der Waals surface area contributed by atoms with Crippen molar-refractivity contribution in [2.45, 2.75) is 12.8 Å². The van der Waals surface area contributed by atoms with E-state index in [1.807, 2.05) is 67.6 Å². The molecule has 1 heterocycles. The number of benzene rings is 3. The molecule has 1 atom stereocenters. The predicted molar refractivity (Wildman–Crippen MR) is 112 cm³/mol. The summed E-state index contributed by atoms with van der Waals surface area (Å²) in [6.07, 6.45) is 0. The molecular formula is C22H21N5O2. The molecule has 0 spiro atoms. The predicted octanol–water partition coefficient (Wildman–Crippen LogP) is 3.78. The van der Waals surface area contributed by atoms with Crippen molar-refractivity contribution in [1.82, 2.24) is 20.2 Å². The zero-order valence-corrected chi connectivity index (χ0v) is 16.5. The number of aromatic nitrogens is 4. The molecule has 7 heteroatoms. The zero-order valence-electron chi connectivity index (χ0n) is 16.5. The van der Waals surface area contributed by atoms with Crippen LogP contribution in [0.25, 0.3) is 22.2 Å². The summed E-state index contributed by atoms with van der Waals surface area (Å²) < 4.78 is 6.86. The SMILES string of the molecule is COc1ccc2cc([C@@H](C)C(=O)Nc3cccc(-c4nnnn4C)c3)ccc2c1. The van der Waals surface area contributed by atoms with Gasteiger partial charge in [-0.15, -0.1) is 5.10 Å². The van der Waals surface area contributed by atoms with Crippen LogP contribution in [0, 0.1) is 0 Å². The van der Waals surface area contributed by atoms with E-state index in [2.05, 4.69) is 20.8 Å². The van der Waals surface area contributed by atoms with Crippen LogP contribution in [-0.4, -0.2) is 33.2 Å². The molecule has 146 valence electrons. The number of nitrogens with zero attached hydrogens (tertiary/aromatic N) is 4. The van der Waals surface area contributed by atoms with Gasteiger partial charge in [0.15, 0.2) is 5.82 Å². The highest BCUT2D eigenvalue weighted by Crippen LogP contribution is 2.26. The summed E-state index contributed by atoms with van der Waals surface area (Å²) in [7, 11) is 3.43. The summed E-state index contributed by atoms with van der Waals surface area (Å²) in [5, 5.41) is 16.7. The monoisotopic (exact) mass is 387 g/mol. The van der Waals surface area contributed by atoms with Crippen LogP contribution in [0.2, 0.25) is 0 Å². The first-order valence-corrected chi connectivity index (χ1v) is 9.26. The Kier molecular flexibility index (Phi) is 4.95. The van der Waals surface area contributed by atoms with Crippen LogP contribution in [0.5, 0.6) is 5.75 Å². The first kappa shape index (κ1) is 18.6. The van der Waals surface area contributed by atoms with E-state index >= 15 is 0 Å². The van der Waals surface area contributed by atoms with Crippen molar-refractivity contribution in [2.75, 3.05) is 12.4 Å². The number of tetrazole rings is 1. The lowest BCUT2D eigenvalue weighted by Gasteiger charge is -2.14. The van der Waals surface area contributed by atoms with Gasteiger partial charge in [0.2, 0.25) is 5.91 Å². The summed E-state index contributed by atoms with van der Waals surface area (Å²) >= 11 is 0. The number of amides is 1. The van der Waals surface area contributed by atoms with Crippen LogP contribution >= 0.6 is 0 Å². The molecule has 0 fully saturated rings. The summed E-state index contributed by atoms with van der Waals surface area (Å²) in [5.74, 6) is 1.07. The third-order valence-corrected chi connectivity index (χ3v) is 4.97. The Balaban J connectivity index is 1.54. The minimum absolute atomic E-state index is 0.0777. The normalized spacial score (nSPS) is 12.0. The number of anilines is 1. The van der Waals surface area contributed by atoms with Gasteiger partial charge in [0.05, 0.1) is 13.0 Å². The summed E-state index contributed by atoms with van der Waals surface area (Å²) in [5.41, 5.74) is 2.49. The number of aryl methyl sites for hydroxylation is 1. The molecule has 0 saturated heterocycles. The Morgan fingerprint density at radius 1 is 1.07 bits per heavy atom. The zero-order chi connectivity index (χ0) is 20.4. The molecule has 3 aromatic carbocycles. The molecule has 1 aromatic heterocycles. The summed E-state index contributed by atoms with van der Waals surface area (Å²) in [6.45, 7) is 1.90. The van der Waals surface area contributed by atoms with E-state index in [0.717, 1.165) is 27.6 Å². The fraction of sp³-hybridized carbons (Fsp3) is 0.182. The van der Waals surface area contributed by atoms with Gasteiger partial charge in [0, 0.05) is 18.3 Å². The molecule has 1 N–H and O–H groups in total. The molecule has 4 rings (SSSR count). The van der Waals surface area contributed by atoms with Crippen LogP contribution in [-0.2, 0) is 11.8 Å². The Labute approximate surface area is 168 Å². The van der Waals surface area contributed by atoms with Gasteiger partial charge >= 0.3 is 0 Å². The number of fused-ring (bicyclic) bond motifs is 1. The van der Waals surface area contributed by atoms with Crippen molar-refractivity contribution < 1.29 is 9.53 Å². The highest BCUT2D eigenvalue weighted by atomic mass is 16.5. The number of hydrogen-bond donors (Lipinski definition) is 1. The molecule has 0 aliphatic rings. The molecule has 7 nitrogen and oxygen atoms in total. The van der Waals surface area contributed by atoms with E-state index < -0.39 is 0 Å². The van der Waals surface area contributed by atoms with E-state index in [9.17, 15) is 4.79 Å². The van der Waals surface area contributed by atoms with Gasteiger partial charge in [-0.1, -0.05) is 36.4 Å². The molecule has 0 aliphatic heterocycles. The standard InChI is InChI=1S/C22H21N5O2/c1-14(15-7-8-17-13-20(29-3)10-9-16(17)11-15)22(28)23-19-6-4-5-18(12-19)21-24-25-26-27(21)2/h4-14H,1-3H3,(H,23,28)/t14-/m1/s1. The fourth-order valence-corrected chi connectivity index (χ4v) is 3.25. The number of methoxy groups -OCH3 is 1. The van der Waals surface area contributed by atoms with Crippen LogP contribution in [0.3, 0.4) is 0 Å². The molecule has 4 aromatic rings. The highest BCUT2D eigenvalue weighted by molar-refractivity contribution is 5.97. The van der Waals surface area contributed by atoms with Crippen molar-refractivity contribution in [3.05, 3.63) is 66.2 Å². The first-order chi connectivity index (χ1) is 14.0. The minimum atomic E-state index is -0.304.